The number of nitrogens with one attached hydrogen (secondary N) is 1. The SMILES string of the molecule is c1ccc(C2=NC(c3ccccc3)CON2)cc1. The van der Waals surface area contributed by atoms with Crippen LogP contribution in [0.4, 0.5) is 0 Å². The smallest absolute Gasteiger partial charge is 0.153 e. The molecule has 3 heteroatoms. The van der Waals surface area contributed by atoms with Crippen molar-refractivity contribution in [2.24, 2.45) is 4.99 Å². The van der Waals surface area contributed by atoms with Crippen molar-refractivity contribution in [1.82, 2.24) is 5.48 Å². The van der Waals surface area contributed by atoms with E-state index in [9.17, 15) is 0 Å². The van der Waals surface area contributed by atoms with Crippen LogP contribution in [0.2, 0.25) is 0 Å². The molecule has 3 nitrogen and oxygen atoms in total. The van der Waals surface area contributed by atoms with Crippen molar-refractivity contribution in [3.8, 4) is 0 Å². The van der Waals surface area contributed by atoms with Crippen molar-refractivity contribution < 1.29 is 4.84 Å². The lowest BCUT2D eigenvalue weighted by atomic mass is 10.1. The van der Waals surface area contributed by atoms with Crippen molar-refractivity contribution in [3.63, 3.8) is 0 Å². The molecule has 1 N–H and O–H groups in total. The lowest BCUT2D eigenvalue weighted by molar-refractivity contribution is 0.0622. The molecule has 1 heterocycles. The maximum atomic E-state index is 5.42. The fourth-order valence-electron chi connectivity index (χ4n) is 1.98. The van der Waals surface area contributed by atoms with E-state index in [4.69, 9.17) is 9.83 Å². The van der Waals surface area contributed by atoms with Crippen molar-refractivity contribution in [2.75, 3.05) is 6.61 Å². The first-order chi connectivity index (χ1) is 8.93. The normalized spacial score (nSPS) is 18.9. The van der Waals surface area contributed by atoms with Gasteiger partial charge in [0.15, 0.2) is 5.84 Å². The van der Waals surface area contributed by atoms with Gasteiger partial charge in [0.25, 0.3) is 0 Å². The molecule has 18 heavy (non-hydrogen) atoms. The van der Waals surface area contributed by atoms with E-state index in [-0.39, 0.29) is 6.04 Å². The van der Waals surface area contributed by atoms with Gasteiger partial charge < -0.3 is 0 Å². The van der Waals surface area contributed by atoms with E-state index in [0.717, 1.165) is 11.4 Å². The fraction of sp³-hybridized carbons (Fsp3) is 0.133. The summed E-state index contributed by atoms with van der Waals surface area (Å²) < 4.78 is 0. The Hall–Kier alpha value is -2.13. The molecule has 0 bridgehead atoms. The van der Waals surface area contributed by atoms with Crippen molar-refractivity contribution in [1.29, 1.82) is 0 Å². The molecule has 2 aromatic carbocycles. The summed E-state index contributed by atoms with van der Waals surface area (Å²) in [6, 6.07) is 20.3. The van der Waals surface area contributed by atoms with Crippen LogP contribution in [-0.2, 0) is 4.84 Å². The summed E-state index contributed by atoms with van der Waals surface area (Å²) >= 11 is 0. The zero-order valence-corrected chi connectivity index (χ0v) is 9.91. The van der Waals surface area contributed by atoms with Gasteiger partial charge in [-0.1, -0.05) is 60.7 Å². The molecule has 1 unspecified atom stereocenters. The van der Waals surface area contributed by atoms with Crippen molar-refractivity contribution in [3.05, 3.63) is 71.8 Å². The first kappa shape index (κ1) is 11.0. The molecule has 1 aliphatic heterocycles. The maximum absolute atomic E-state index is 5.42. The Morgan fingerprint density at radius 1 is 0.944 bits per heavy atom. The molecule has 0 aliphatic carbocycles. The summed E-state index contributed by atoms with van der Waals surface area (Å²) in [7, 11) is 0. The highest BCUT2D eigenvalue weighted by Crippen LogP contribution is 2.20. The number of hydroxylamine groups is 1. The molecule has 0 amide bonds. The van der Waals surface area contributed by atoms with Crippen LogP contribution in [0, 0.1) is 0 Å². The summed E-state index contributed by atoms with van der Waals surface area (Å²) in [4.78, 5) is 10.1. The first-order valence-electron chi connectivity index (χ1n) is 5.99. The Bertz CT molecular complexity index is 537. The molecule has 1 aliphatic rings. The molecule has 0 radical (unpaired) electrons. The molecule has 90 valence electrons. The Kier molecular flexibility index (Phi) is 3.07. The Morgan fingerprint density at radius 2 is 1.61 bits per heavy atom. The van der Waals surface area contributed by atoms with E-state index in [2.05, 4.69) is 17.6 Å². The van der Waals surface area contributed by atoms with Gasteiger partial charge in [0, 0.05) is 5.56 Å². The number of aliphatic imine (C=N–C) groups is 1. The average molecular weight is 238 g/mol. The number of benzene rings is 2. The van der Waals surface area contributed by atoms with E-state index in [1.807, 2.05) is 48.5 Å². The van der Waals surface area contributed by atoms with Crippen LogP contribution in [0.1, 0.15) is 17.2 Å². The van der Waals surface area contributed by atoms with Crippen LogP contribution in [0.25, 0.3) is 0 Å². The van der Waals surface area contributed by atoms with Gasteiger partial charge in [-0.05, 0) is 5.56 Å². The summed E-state index contributed by atoms with van der Waals surface area (Å²) in [6.07, 6.45) is 0. The van der Waals surface area contributed by atoms with Gasteiger partial charge in [0.05, 0.1) is 0 Å². The van der Waals surface area contributed by atoms with Crippen LogP contribution >= 0.6 is 0 Å². The predicted octanol–water partition coefficient (Wildman–Crippen LogP) is 2.71. The molecular weight excluding hydrogens is 224 g/mol. The molecule has 0 aromatic heterocycles. The molecule has 0 fully saturated rings. The standard InChI is InChI=1S/C15H14N2O/c1-3-7-12(8-4-1)14-11-18-17-15(16-14)13-9-5-2-6-10-13/h1-10,14H,11H2,(H,16,17). The third-order valence-corrected chi connectivity index (χ3v) is 2.93. The van der Waals surface area contributed by atoms with Gasteiger partial charge in [0.1, 0.15) is 12.6 Å². The van der Waals surface area contributed by atoms with Gasteiger partial charge in [-0.3, -0.25) is 9.83 Å². The first-order valence-corrected chi connectivity index (χ1v) is 5.99. The van der Waals surface area contributed by atoms with Crippen LogP contribution in [0.5, 0.6) is 0 Å². The van der Waals surface area contributed by atoms with Gasteiger partial charge in [-0.2, -0.15) is 0 Å². The van der Waals surface area contributed by atoms with E-state index < -0.39 is 0 Å². The maximum Gasteiger partial charge on any atom is 0.153 e. The van der Waals surface area contributed by atoms with E-state index >= 15 is 0 Å². The summed E-state index contributed by atoms with van der Waals surface area (Å²) in [6.45, 7) is 0.556. The number of nitrogens with zero attached hydrogens (tertiary/aromatic N) is 1. The average Bonchev–Trinajstić information content (AvgIpc) is 2.49. The van der Waals surface area contributed by atoms with Crippen LogP contribution < -0.4 is 5.48 Å². The van der Waals surface area contributed by atoms with Crippen LogP contribution in [0.15, 0.2) is 65.7 Å². The molecule has 0 saturated carbocycles. The topological polar surface area (TPSA) is 33.6 Å². The van der Waals surface area contributed by atoms with Crippen LogP contribution in [0.3, 0.4) is 0 Å². The van der Waals surface area contributed by atoms with Gasteiger partial charge in [0.2, 0.25) is 0 Å². The quantitative estimate of drug-likeness (QED) is 0.872. The number of hydrogen-bond donors (Lipinski definition) is 1. The third-order valence-electron chi connectivity index (χ3n) is 2.93. The highest BCUT2D eigenvalue weighted by atomic mass is 16.6. The largest absolute Gasteiger partial charge is 0.272 e. The van der Waals surface area contributed by atoms with E-state index in [1.54, 1.807) is 0 Å². The zero-order valence-electron chi connectivity index (χ0n) is 9.91. The monoisotopic (exact) mass is 238 g/mol. The Morgan fingerprint density at radius 3 is 2.33 bits per heavy atom. The third kappa shape index (κ3) is 2.26. The summed E-state index contributed by atoms with van der Waals surface area (Å²) in [5, 5.41) is 0. The minimum Gasteiger partial charge on any atom is -0.272 e. The Labute approximate surface area is 106 Å². The zero-order chi connectivity index (χ0) is 12.2. The number of hydrogen-bond acceptors (Lipinski definition) is 3. The van der Waals surface area contributed by atoms with Gasteiger partial charge in [-0.25, -0.2) is 5.48 Å². The molecule has 3 rings (SSSR count). The highest BCUT2D eigenvalue weighted by Gasteiger charge is 2.17. The van der Waals surface area contributed by atoms with Crippen LogP contribution in [-0.4, -0.2) is 12.4 Å². The highest BCUT2D eigenvalue weighted by molar-refractivity contribution is 5.98. The van der Waals surface area contributed by atoms with Gasteiger partial charge >= 0.3 is 0 Å². The summed E-state index contributed by atoms with van der Waals surface area (Å²) in [5.74, 6) is 0.788. The predicted molar refractivity (Wildman–Crippen MR) is 71.2 cm³/mol. The molecule has 0 saturated heterocycles. The lowest BCUT2D eigenvalue weighted by Crippen LogP contribution is -2.32. The van der Waals surface area contributed by atoms with Gasteiger partial charge in [-0.15, -0.1) is 0 Å². The summed E-state index contributed by atoms with van der Waals surface area (Å²) in [5.41, 5.74) is 5.10. The second-order valence-electron chi connectivity index (χ2n) is 4.18. The molecule has 2 aromatic rings. The van der Waals surface area contributed by atoms with E-state index in [0.29, 0.717) is 6.61 Å². The number of amidine groups is 1. The van der Waals surface area contributed by atoms with Crippen molar-refractivity contribution >= 4 is 5.84 Å². The van der Waals surface area contributed by atoms with Crippen molar-refractivity contribution in [2.45, 2.75) is 6.04 Å². The minimum atomic E-state index is 0.0580. The fourth-order valence-corrected chi connectivity index (χ4v) is 1.98. The Balaban J connectivity index is 1.91. The second-order valence-corrected chi connectivity index (χ2v) is 4.18. The second kappa shape index (κ2) is 5.02. The molecule has 1 atom stereocenters. The lowest BCUT2D eigenvalue weighted by Gasteiger charge is -2.22. The minimum absolute atomic E-state index is 0.0580. The molecular formula is C15H14N2O. The molecule has 0 spiro atoms. The number of rotatable bonds is 2. The van der Waals surface area contributed by atoms with E-state index in [1.165, 1.54) is 5.56 Å².